The Morgan fingerprint density at radius 3 is 2.50 bits per heavy atom. The Kier molecular flexibility index (Phi) is 5.66. The molecule has 2 aliphatic heterocycles. The number of piperidine rings is 1. The minimum absolute atomic E-state index is 0.0379. The number of pyridine rings is 1. The lowest BCUT2D eigenvalue weighted by atomic mass is 9.94. The summed E-state index contributed by atoms with van der Waals surface area (Å²) < 4.78 is 0. The van der Waals surface area contributed by atoms with Gasteiger partial charge in [-0.2, -0.15) is 0 Å². The monoisotopic (exact) mass is 358 g/mol. The highest BCUT2D eigenvalue weighted by molar-refractivity contribution is 5.92. The van der Waals surface area contributed by atoms with E-state index in [1.54, 1.807) is 19.2 Å². The molecular formula is C19H26N4O3. The highest BCUT2D eigenvalue weighted by atomic mass is 16.2. The number of ketones is 1. The molecule has 2 atom stereocenters. The van der Waals surface area contributed by atoms with Crippen molar-refractivity contribution in [2.45, 2.75) is 39.2 Å². The maximum atomic E-state index is 12.6. The number of amides is 2. The van der Waals surface area contributed by atoms with Crippen LogP contribution in [0.5, 0.6) is 0 Å². The van der Waals surface area contributed by atoms with Gasteiger partial charge in [0.1, 0.15) is 11.6 Å². The number of Topliss-reactive ketones (excluding diaryl/α,β-unsaturated/α-hetero) is 1. The molecule has 7 nitrogen and oxygen atoms in total. The van der Waals surface area contributed by atoms with Crippen molar-refractivity contribution in [3.63, 3.8) is 0 Å². The number of carbonyl (C=O) groups is 3. The van der Waals surface area contributed by atoms with Crippen LogP contribution < -0.4 is 10.6 Å². The Balaban J connectivity index is 1.48. The summed E-state index contributed by atoms with van der Waals surface area (Å²) in [6, 6.07) is 3.43. The quantitative estimate of drug-likeness (QED) is 0.842. The van der Waals surface area contributed by atoms with Crippen LogP contribution in [-0.4, -0.2) is 53.2 Å². The Morgan fingerprint density at radius 1 is 1.19 bits per heavy atom. The van der Waals surface area contributed by atoms with Crippen molar-refractivity contribution in [2.75, 3.05) is 25.0 Å². The van der Waals surface area contributed by atoms with Crippen molar-refractivity contribution < 1.29 is 14.4 Å². The molecule has 2 amide bonds. The molecule has 0 aromatic carbocycles. The predicted octanol–water partition coefficient (Wildman–Crippen LogP) is 1.13. The third kappa shape index (κ3) is 4.27. The fraction of sp³-hybridized carbons (Fsp3) is 0.579. The molecule has 0 radical (unpaired) electrons. The average molecular weight is 358 g/mol. The number of aromatic nitrogens is 1. The number of likely N-dealkylation sites (tertiary alicyclic amines) is 1. The van der Waals surface area contributed by atoms with E-state index in [1.165, 1.54) is 0 Å². The molecule has 140 valence electrons. The summed E-state index contributed by atoms with van der Waals surface area (Å²) in [5, 5.41) is 6.01. The second-order valence-corrected chi connectivity index (χ2v) is 7.31. The standard InChI is InChI=1S/C19H26N4O3/c1-12-3-4-17(21-10-12)22-18(25)14-5-7-23(8-6-14)19(26)16-9-15(11-20-16)13(2)24/h3-4,10,14-16,20H,5-9,11H2,1-2H3,(H,21,22,25). The van der Waals surface area contributed by atoms with Gasteiger partial charge in [0.15, 0.2) is 0 Å². The van der Waals surface area contributed by atoms with Crippen LogP contribution in [0.2, 0.25) is 0 Å². The first-order valence-electron chi connectivity index (χ1n) is 9.20. The maximum Gasteiger partial charge on any atom is 0.239 e. The van der Waals surface area contributed by atoms with Gasteiger partial charge in [-0.3, -0.25) is 14.4 Å². The molecule has 1 aromatic rings. The summed E-state index contributed by atoms with van der Waals surface area (Å²) in [4.78, 5) is 42.5. The van der Waals surface area contributed by atoms with E-state index in [-0.39, 0.29) is 35.5 Å². The highest BCUT2D eigenvalue weighted by Crippen LogP contribution is 2.22. The average Bonchev–Trinajstić information content (AvgIpc) is 3.13. The summed E-state index contributed by atoms with van der Waals surface area (Å²) in [6.45, 7) is 5.24. The first kappa shape index (κ1) is 18.5. The largest absolute Gasteiger partial charge is 0.341 e. The lowest BCUT2D eigenvalue weighted by Gasteiger charge is -2.33. The molecule has 3 rings (SSSR count). The van der Waals surface area contributed by atoms with E-state index in [4.69, 9.17) is 0 Å². The van der Waals surface area contributed by atoms with Crippen molar-refractivity contribution in [3.05, 3.63) is 23.9 Å². The second-order valence-electron chi connectivity index (χ2n) is 7.31. The first-order chi connectivity index (χ1) is 12.4. The van der Waals surface area contributed by atoms with E-state index >= 15 is 0 Å². The minimum Gasteiger partial charge on any atom is -0.341 e. The van der Waals surface area contributed by atoms with Gasteiger partial charge in [0, 0.05) is 37.7 Å². The van der Waals surface area contributed by atoms with Gasteiger partial charge in [-0.1, -0.05) is 6.07 Å². The number of aryl methyl sites for hydroxylation is 1. The molecule has 3 heterocycles. The topological polar surface area (TPSA) is 91.4 Å². The zero-order valence-corrected chi connectivity index (χ0v) is 15.3. The maximum absolute atomic E-state index is 12.6. The molecule has 0 saturated carbocycles. The lowest BCUT2D eigenvalue weighted by molar-refractivity contribution is -0.136. The van der Waals surface area contributed by atoms with Gasteiger partial charge in [-0.15, -0.1) is 0 Å². The van der Waals surface area contributed by atoms with Crippen LogP contribution in [0, 0.1) is 18.8 Å². The number of nitrogens with zero attached hydrogens (tertiary/aromatic N) is 2. The molecule has 1 aromatic heterocycles. The Hall–Kier alpha value is -2.28. The van der Waals surface area contributed by atoms with E-state index in [0.29, 0.717) is 44.7 Å². The zero-order valence-electron chi connectivity index (χ0n) is 15.3. The molecule has 7 heteroatoms. The lowest BCUT2D eigenvalue weighted by Crippen LogP contribution is -2.48. The van der Waals surface area contributed by atoms with Crippen LogP contribution in [0.25, 0.3) is 0 Å². The molecule has 2 saturated heterocycles. The van der Waals surface area contributed by atoms with Crippen LogP contribution in [0.4, 0.5) is 5.82 Å². The van der Waals surface area contributed by atoms with Gasteiger partial charge in [-0.25, -0.2) is 4.98 Å². The number of anilines is 1. The molecule has 2 fully saturated rings. The van der Waals surface area contributed by atoms with E-state index in [9.17, 15) is 14.4 Å². The summed E-state index contributed by atoms with van der Waals surface area (Å²) in [5.41, 5.74) is 1.04. The van der Waals surface area contributed by atoms with E-state index in [1.807, 2.05) is 17.9 Å². The number of hydrogen-bond donors (Lipinski definition) is 2. The van der Waals surface area contributed by atoms with Gasteiger partial charge in [0.05, 0.1) is 6.04 Å². The Bertz CT molecular complexity index is 681. The number of rotatable bonds is 4. The normalized spacial score (nSPS) is 23.7. The zero-order chi connectivity index (χ0) is 18.7. The molecule has 0 bridgehead atoms. The fourth-order valence-corrected chi connectivity index (χ4v) is 3.59. The summed E-state index contributed by atoms with van der Waals surface area (Å²) in [7, 11) is 0. The van der Waals surface area contributed by atoms with Crippen molar-refractivity contribution in [2.24, 2.45) is 11.8 Å². The molecule has 2 unspecified atom stereocenters. The molecule has 2 aliphatic rings. The summed E-state index contributed by atoms with van der Waals surface area (Å²) in [5.74, 6) is 0.535. The third-order valence-corrected chi connectivity index (χ3v) is 5.34. The van der Waals surface area contributed by atoms with E-state index in [2.05, 4.69) is 15.6 Å². The fourth-order valence-electron chi connectivity index (χ4n) is 3.59. The Labute approximate surface area is 153 Å². The van der Waals surface area contributed by atoms with Gasteiger partial charge < -0.3 is 15.5 Å². The highest BCUT2D eigenvalue weighted by Gasteiger charge is 2.36. The van der Waals surface area contributed by atoms with Gasteiger partial charge in [0.2, 0.25) is 11.8 Å². The third-order valence-electron chi connectivity index (χ3n) is 5.34. The predicted molar refractivity (Wildman–Crippen MR) is 97.5 cm³/mol. The SMILES string of the molecule is CC(=O)C1CNC(C(=O)N2CCC(C(=O)Nc3ccc(C)cn3)CC2)C1. The van der Waals surface area contributed by atoms with Crippen LogP contribution in [0.15, 0.2) is 18.3 Å². The first-order valence-corrected chi connectivity index (χ1v) is 9.20. The molecule has 0 aliphatic carbocycles. The Morgan fingerprint density at radius 2 is 1.92 bits per heavy atom. The molecule has 0 spiro atoms. The van der Waals surface area contributed by atoms with Crippen molar-refractivity contribution >= 4 is 23.4 Å². The second kappa shape index (κ2) is 7.95. The van der Waals surface area contributed by atoms with Crippen LogP contribution in [-0.2, 0) is 14.4 Å². The number of nitrogens with one attached hydrogen (secondary N) is 2. The summed E-state index contributed by atoms with van der Waals surface area (Å²) >= 11 is 0. The van der Waals surface area contributed by atoms with Crippen molar-refractivity contribution in [1.29, 1.82) is 0 Å². The summed E-state index contributed by atoms with van der Waals surface area (Å²) in [6.07, 6.45) is 3.59. The smallest absolute Gasteiger partial charge is 0.239 e. The van der Waals surface area contributed by atoms with E-state index < -0.39 is 0 Å². The van der Waals surface area contributed by atoms with Crippen LogP contribution in [0.3, 0.4) is 0 Å². The van der Waals surface area contributed by atoms with Crippen molar-refractivity contribution in [1.82, 2.24) is 15.2 Å². The number of hydrogen-bond acceptors (Lipinski definition) is 5. The van der Waals surface area contributed by atoms with Crippen LogP contribution >= 0.6 is 0 Å². The molecule has 2 N–H and O–H groups in total. The van der Waals surface area contributed by atoms with Crippen molar-refractivity contribution in [3.8, 4) is 0 Å². The van der Waals surface area contributed by atoms with Gasteiger partial charge >= 0.3 is 0 Å². The molecule has 26 heavy (non-hydrogen) atoms. The molecular weight excluding hydrogens is 332 g/mol. The minimum atomic E-state index is -0.272. The van der Waals surface area contributed by atoms with Gasteiger partial charge in [0.25, 0.3) is 0 Å². The van der Waals surface area contributed by atoms with E-state index in [0.717, 1.165) is 5.56 Å². The number of carbonyl (C=O) groups excluding carboxylic acids is 3. The van der Waals surface area contributed by atoms with Crippen LogP contribution in [0.1, 0.15) is 31.7 Å². The van der Waals surface area contributed by atoms with Gasteiger partial charge in [-0.05, 0) is 44.7 Å².